The molecule has 0 bridgehead atoms. The van der Waals surface area contributed by atoms with Crippen LogP contribution in [-0.2, 0) is 16.1 Å². The molecule has 1 saturated carbocycles. The molecule has 1 N–H and O–H groups in total. The van der Waals surface area contributed by atoms with E-state index in [0.29, 0.717) is 13.1 Å². The normalized spacial score (nSPS) is 18.2. The highest BCUT2D eigenvalue weighted by molar-refractivity contribution is 6.08. The second kappa shape index (κ2) is 10.0. The minimum Gasteiger partial charge on any atom is -0.353 e. The lowest BCUT2D eigenvalue weighted by atomic mass is 9.88. The quantitative estimate of drug-likeness (QED) is 0.513. The molecule has 34 heavy (non-hydrogen) atoms. The van der Waals surface area contributed by atoms with Crippen molar-refractivity contribution < 1.29 is 9.59 Å². The predicted molar refractivity (Wildman–Crippen MR) is 138 cm³/mol. The number of nitrogens with one attached hydrogen (secondary N) is 1. The Kier molecular flexibility index (Phi) is 6.70. The molecule has 5 rings (SSSR count). The van der Waals surface area contributed by atoms with Crippen molar-refractivity contribution in [2.75, 3.05) is 13.1 Å². The number of carbonyl (C=O) groups is 2. The second-order valence-corrected chi connectivity index (χ2v) is 9.81. The molecule has 2 aliphatic rings. The predicted octanol–water partition coefficient (Wildman–Crippen LogP) is 5.52. The highest BCUT2D eigenvalue weighted by atomic mass is 16.2. The van der Waals surface area contributed by atoms with Crippen LogP contribution in [0.1, 0.15) is 57.4 Å². The van der Waals surface area contributed by atoms with Gasteiger partial charge in [0.1, 0.15) is 0 Å². The first-order chi connectivity index (χ1) is 16.6. The zero-order valence-corrected chi connectivity index (χ0v) is 20.1. The van der Waals surface area contributed by atoms with Crippen molar-refractivity contribution in [3.05, 3.63) is 54.1 Å². The van der Waals surface area contributed by atoms with Gasteiger partial charge < -0.3 is 14.8 Å². The third-order valence-corrected chi connectivity index (χ3v) is 7.66. The summed E-state index contributed by atoms with van der Waals surface area (Å²) in [5.74, 6) is 0.470. The van der Waals surface area contributed by atoms with E-state index in [1.54, 1.807) is 6.08 Å². The van der Waals surface area contributed by atoms with E-state index in [-0.39, 0.29) is 23.8 Å². The minimum absolute atomic E-state index is 0.0492. The fourth-order valence-corrected chi connectivity index (χ4v) is 5.72. The molecule has 2 fully saturated rings. The van der Waals surface area contributed by atoms with Crippen molar-refractivity contribution in [1.82, 2.24) is 14.8 Å². The maximum absolute atomic E-state index is 12.8. The van der Waals surface area contributed by atoms with Gasteiger partial charge in [-0.25, -0.2) is 0 Å². The summed E-state index contributed by atoms with van der Waals surface area (Å²) in [4.78, 5) is 27.3. The van der Waals surface area contributed by atoms with Crippen molar-refractivity contribution in [2.24, 2.45) is 5.92 Å². The van der Waals surface area contributed by atoms with Crippen LogP contribution in [-0.4, -0.2) is 40.4 Å². The summed E-state index contributed by atoms with van der Waals surface area (Å²) >= 11 is 0. The van der Waals surface area contributed by atoms with Gasteiger partial charge in [0.15, 0.2) is 0 Å². The zero-order valence-electron chi connectivity index (χ0n) is 20.1. The van der Waals surface area contributed by atoms with Gasteiger partial charge in [-0.3, -0.25) is 9.59 Å². The third kappa shape index (κ3) is 4.61. The van der Waals surface area contributed by atoms with E-state index in [0.717, 1.165) is 37.8 Å². The molecule has 5 nitrogen and oxygen atoms in total. The third-order valence-electron chi connectivity index (χ3n) is 7.66. The van der Waals surface area contributed by atoms with Gasteiger partial charge >= 0.3 is 0 Å². The Bertz CT molecular complexity index is 1210. The lowest BCUT2D eigenvalue weighted by molar-refractivity contribution is -0.128. The average molecular weight is 458 g/mol. The summed E-state index contributed by atoms with van der Waals surface area (Å²) in [5.41, 5.74) is 3.51. The Morgan fingerprint density at radius 3 is 2.44 bits per heavy atom. The molecule has 1 aliphatic carbocycles. The molecular formula is C29H35N3O2. The molecule has 0 unspecified atom stereocenters. The lowest BCUT2D eigenvalue weighted by Gasteiger charge is -2.33. The van der Waals surface area contributed by atoms with Crippen LogP contribution in [0.2, 0.25) is 0 Å². The van der Waals surface area contributed by atoms with Crippen molar-refractivity contribution in [3.63, 3.8) is 0 Å². The average Bonchev–Trinajstić information content (AvgIpc) is 3.21. The maximum Gasteiger partial charge on any atom is 0.246 e. The summed E-state index contributed by atoms with van der Waals surface area (Å²) in [7, 11) is 0. The summed E-state index contributed by atoms with van der Waals surface area (Å²) < 4.78 is 2.33. The van der Waals surface area contributed by atoms with Crippen LogP contribution in [0, 0.1) is 5.92 Å². The lowest BCUT2D eigenvalue weighted by Crippen LogP contribution is -2.47. The Hall–Kier alpha value is -3.08. The summed E-state index contributed by atoms with van der Waals surface area (Å²) in [6, 6.07) is 15.1. The molecule has 0 atom stereocenters. The van der Waals surface area contributed by atoms with Crippen LogP contribution in [0.4, 0.5) is 0 Å². The standard InChI is InChI=1S/C29H35N3O2/c1-2-32-26-11-7-6-10-24(26)25-20-21(12-14-27(25)32)13-15-28(33)31-18-16-23(17-19-31)30-29(34)22-8-4-3-5-9-22/h6-7,10-15,20,22-23H,2-5,8-9,16-19H2,1H3,(H,30,34)/b15-13+. The number of fused-ring (bicyclic) bond motifs is 3. The number of aromatic nitrogens is 1. The van der Waals surface area contributed by atoms with E-state index in [4.69, 9.17) is 0 Å². The highest BCUT2D eigenvalue weighted by Crippen LogP contribution is 2.30. The Morgan fingerprint density at radius 1 is 0.941 bits per heavy atom. The van der Waals surface area contributed by atoms with Crippen molar-refractivity contribution in [2.45, 2.75) is 64.5 Å². The summed E-state index contributed by atoms with van der Waals surface area (Å²) in [5, 5.41) is 5.72. The number of piperidine rings is 1. The van der Waals surface area contributed by atoms with Crippen molar-refractivity contribution in [1.29, 1.82) is 0 Å². The molecule has 178 valence electrons. The van der Waals surface area contributed by atoms with Gasteiger partial charge in [-0.1, -0.05) is 43.5 Å². The van der Waals surface area contributed by atoms with Crippen molar-refractivity contribution >= 4 is 39.7 Å². The van der Waals surface area contributed by atoms with Crippen LogP contribution in [0.15, 0.2) is 48.5 Å². The topological polar surface area (TPSA) is 54.3 Å². The summed E-state index contributed by atoms with van der Waals surface area (Å²) in [6.07, 6.45) is 10.9. The van der Waals surface area contributed by atoms with Gasteiger partial charge in [0.25, 0.3) is 0 Å². The van der Waals surface area contributed by atoms with E-state index < -0.39 is 0 Å². The van der Waals surface area contributed by atoms with Crippen molar-refractivity contribution in [3.8, 4) is 0 Å². The number of aryl methyl sites for hydroxylation is 1. The smallest absolute Gasteiger partial charge is 0.246 e. The van der Waals surface area contributed by atoms with Crippen LogP contribution in [0.5, 0.6) is 0 Å². The molecule has 5 heteroatoms. The number of hydrogen-bond acceptors (Lipinski definition) is 2. The highest BCUT2D eigenvalue weighted by Gasteiger charge is 2.26. The molecule has 0 spiro atoms. The Balaban J connectivity index is 1.20. The number of benzene rings is 2. The molecule has 2 aromatic carbocycles. The van der Waals surface area contributed by atoms with E-state index in [9.17, 15) is 9.59 Å². The maximum atomic E-state index is 12.8. The van der Waals surface area contributed by atoms with Crippen LogP contribution in [0.3, 0.4) is 0 Å². The SMILES string of the molecule is CCn1c2ccccc2c2cc(/C=C/C(=O)N3CCC(NC(=O)C4CCCCC4)CC3)ccc21. The second-order valence-electron chi connectivity index (χ2n) is 9.81. The summed E-state index contributed by atoms with van der Waals surface area (Å²) in [6.45, 7) is 4.49. The first-order valence-electron chi connectivity index (χ1n) is 12.9. The first-order valence-corrected chi connectivity index (χ1v) is 12.9. The monoisotopic (exact) mass is 457 g/mol. The van der Waals surface area contributed by atoms with Gasteiger partial charge in [0.05, 0.1) is 0 Å². The van der Waals surface area contributed by atoms with E-state index in [1.807, 2.05) is 11.0 Å². The van der Waals surface area contributed by atoms with Gasteiger partial charge in [0.2, 0.25) is 11.8 Å². The number of hydrogen-bond donors (Lipinski definition) is 1. The van der Waals surface area contributed by atoms with E-state index >= 15 is 0 Å². The van der Waals surface area contributed by atoms with E-state index in [2.05, 4.69) is 59.3 Å². The molecule has 1 aliphatic heterocycles. The minimum atomic E-state index is 0.0492. The number of carbonyl (C=O) groups excluding carboxylic acids is 2. The molecule has 2 amide bonds. The Morgan fingerprint density at radius 2 is 1.68 bits per heavy atom. The number of nitrogens with zero attached hydrogens (tertiary/aromatic N) is 2. The fraction of sp³-hybridized carbons (Fsp3) is 0.448. The molecule has 2 heterocycles. The number of amides is 2. The first kappa shape index (κ1) is 22.7. The zero-order chi connectivity index (χ0) is 23.5. The van der Waals surface area contributed by atoms with Crippen LogP contribution in [0.25, 0.3) is 27.9 Å². The van der Waals surface area contributed by atoms with Gasteiger partial charge in [-0.15, -0.1) is 0 Å². The Labute approximate surface area is 201 Å². The van der Waals surface area contributed by atoms with Crippen LogP contribution < -0.4 is 5.32 Å². The molecule has 3 aromatic rings. The fourth-order valence-electron chi connectivity index (χ4n) is 5.72. The van der Waals surface area contributed by atoms with E-state index in [1.165, 1.54) is 41.1 Å². The van der Waals surface area contributed by atoms with Gasteiger partial charge in [-0.05, 0) is 62.4 Å². The molecular weight excluding hydrogens is 422 g/mol. The van der Waals surface area contributed by atoms with Gasteiger partial charge in [-0.2, -0.15) is 0 Å². The molecule has 0 radical (unpaired) electrons. The van der Waals surface area contributed by atoms with Gasteiger partial charge in [0, 0.05) is 59.5 Å². The van der Waals surface area contributed by atoms with Crippen LogP contribution >= 0.6 is 0 Å². The number of likely N-dealkylation sites (tertiary alicyclic amines) is 1. The number of rotatable bonds is 5. The molecule has 1 saturated heterocycles. The molecule has 1 aromatic heterocycles. The number of para-hydroxylation sites is 1. The largest absolute Gasteiger partial charge is 0.353 e.